The van der Waals surface area contributed by atoms with Crippen LogP contribution in [-0.4, -0.2) is 24.0 Å². The van der Waals surface area contributed by atoms with E-state index in [-0.39, 0.29) is 28.4 Å². The molecule has 5 nitrogen and oxygen atoms in total. The number of oxime groups is 1. The molecule has 1 amide bonds. The molecule has 33 heavy (non-hydrogen) atoms. The van der Waals surface area contributed by atoms with Crippen LogP contribution in [0.5, 0.6) is 0 Å². The number of benzene rings is 2. The first kappa shape index (κ1) is 23.8. The lowest BCUT2D eigenvalue weighted by molar-refractivity contribution is -0.275. The van der Waals surface area contributed by atoms with Crippen LogP contribution in [0.25, 0.3) is 0 Å². The Morgan fingerprint density at radius 2 is 1.76 bits per heavy atom. The number of nitrogens with one attached hydrogen (secondary N) is 2. The summed E-state index contributed by atoms with van der Waals surface area (Å²) >= 11 is 17.5. The second kappa shape index (κ2) is 8.48. The lowest BCUT2D eigenvalue weighted by Gasteiger charge is -2.29. The molecule has 13 heteroatoms. The minimum absolute atomic E-state index is 0.0963. The standard InChI is InChI=1S/C20H13Cl3F5N3O2/c21-11-2-1-8(3-15(11)29-30-18(32)10-6-14(10)24)16-7-19(33-31-16,20(26,27)28)9-4-12(22)17(25)13(23)5-9/h1-5,10,14,29H,6-7H2,(H,30,32)/t10-,14+,19-/m0/s1. The second-order valence-electron chi connectivity index (χ2n) is 7.55. The summed E-state index contributed by atoms with van der Waals surface area (Å²) in [7, 11) is 0. The summed E-state index contributed by atoms with van der Waals surface area (Å²) in [5.41, 5.74) is 1.62. The Balaban J connectivity index is 1.60. The number of nitrogens with zero attached hydrogens (tertiary/aromatic N) is 1. The molecule has 3 atom stereocenters. The molecule has 2 N–H and O–H groups in total. The molecule has 176 valence electrons. The van der Waals surface area contributed by atoms with Gasteiger partial charge in [0.1, 0.15) is 6.17 Å². The van der Waals surface area contributed by atoms with Crippen LogP contribution < -0.4 is 10.9 Å². The van der Waals surface area contributed by atoms with Crippen molar-refractivity contribution < 1.29 is 31.6 Å². The highest BCUT2D eigenvalue weighted by Gasteiger charge is 2.62. The fourth-order valence-electron chi connectivity index (χ4n) is 3.30. The lowest BCUT2D eigenvalue weighted by Crippen LogP contribution is -2.42. The minimum Gasteiger partial charge on any atom is -0.374 e. The van der Waals surface area contributed by atoms with E-state index in [1.807, 2.05) is 0 Å². The molecule has 1 aliphatic heterocycles. The van der Waals surface area contributed by atoms with Crippen LogP contribution in [0.15, 0.2) is 35.5 Å². The molecule has 0 saturated heterocycles. The van der Waals surface area contributed by atoms with Gasteiger partial charge in [-0.1, -0.05) is 46.0 Å². The van der Waals surface area contributed by atoms with Crippen molar-refractivity contribution in [1.29, 1.82) is 0 Å². The van der Waals surface area contributed by atoms with E-state index in [9.17, 15) is 26.7 Å². The summed E-state index contributed by atoms with van der Waals surface area (Å²) in [6.07, 6.45) is -6.82. The van der Waals surface area contributed by atoms with Gasteiger partial charge in [-0.15, -0.1) is 0 Å². The summed E-state index contributed by atoms with van der Waals surface area (Å²) in [6.45, 7) is 0. The average molecular weight is 529 g/mol. The number of anilines is 1. The summed E-state index contributed by atoms with van der Waals surface area (Å²) in [5, 5.41) is 2.55. The topological polar surface area (TPSA) is 62.7 Å². The number of amides is 1. The van der Waals surface area contributed by atoms with Crippen molar-refractivity contribution in [3.05, 3.63) is 62.3 Å². The first-order valence-electron chi connectivity index (χ1n) is 9.39. The maximum atomic E-state index is 14.1. The fraction of sp³-hybridized carbons (Fsp3) is 0.300. The van der Waals surface area contributed by atoms with Crippen LogP contribution in [0.3, 0.4) is 0 Å². The van der Waals surface area contributed by atoms with Crippen LogP contribution >= 0.6 is 34.8 Å². The third kappa shape index (κ3) is 4.43. The highest BCUT2D eigenvalue weighted by Crippen LogP contribution is 2.50. The molecular formula is C20H13Cl3F5N3O2. The summed E-state index contributed by atoms with van der Waals surface area (Å²) in [5.74, 6) is -2.39. The highest BCUT2D eigenvalue weighted by molar-refractivity contribution is 6.35. The predicted octanol–water partition coefficient (Wildman–Crippen LogP) is 6.17. The molecule has 2 aromatic carbocycles. The van der Waals surface area contributed by atoms with Crippen molar-refractivity contribution in [2.45, 2.75) is 30.8 Å². The first-order valence-corrected chi connectivity index (χ1v) is 10.5. The average Bonchev–Trinajstić information content (AvgIpc) is 3.29. The van der Waals surface area contributed by atoms with E-state index in [1.165, 1.54) is 18.2 Å². The molecule has 1 aliphatic carbocycles. The third-order valence-corrected chi connectivity index (χ3v) is 6.19. The zero-order chi connectivity index (χ0) is 24.1. The number of halogens is 8. The maximum absolute atomic E-state index is 14.1. The normalized spacial score (nSPS) is 24.2. The molecule has 2 aliphatic rings. The number of hydrogen-bond acceptors (Lipinski definition) is 4. The number of carbonyl (C=O) groups excluding carboxylic acids is 1. The van der Waals surface area contributed by atoms with Gasteiger partial charge in [-0.25, -0.2) is 8.78 Å². The lowest BCUT2D eigenvalue weighted by atomic mass is 9.86. The predicted molar refractivity (Wildman–Crippen MR) is 113 cm³/mol. The number of hydrazine groups is 1. The van der Waals surface area contributed by atoms with Crippen molar-refractivity contribution in [1.82, 2.24) is 5.43 Å². The van der Waals surface area contributed by atoms with Gasteiger partial charge in [-0.05, 0) is 30.7 Å². The Bertz CT molecular complexity index is 1140. The maximum Gasteiger partial charge on any atom is 0.435 e. The molecule has 2 aromatic rings. The van der Waals surface area contributed by atoms with Gasteiger partial charge in [0.05, 0.1) is 32.4 Å². The van der Waals surface area contributed by atoms with Crippen LogP contribution in [0.2, 0.25) is 15.1 Å². The van der Waals surface area contributed by atoms with Crippen LogP contribution in [0.1, 0.15) is 24.0 Å². The molecule has 0 spiro atoms. The molecule has 1 saturated carbocycles. The smallest absolute Gasteiger partial charge is 0.374 e. The Morgan fingerprint density at radius 3 is 2.33 bits per heavy atom. The molecular weight excluding hydrogens is 516 g/mol. The Labute approximate surface area is 198 Å². The Kier molecular flexibility index (Phi) is 6.13. The van der Waals surface area contributed by atoms with Crippen molar-refractivity contribution in [3.63, 3.8) is 0 Å². The van der Waals surface area contributed by atoms with Crippen LogP contribution in [-0.2, 0) is 15.2 Å². The third-order valence-electron chi connectivity index (χ3n) is 5.31. The Morgan fingerprint density at radius 1 is 1.12 bits per heavy atom. The monoisotopic (exact) mass is 527 g/mol. The van der Waals surface area contributed by atoms with E-state index in [0.717, 1.165) is 12.1 Å². The minimum atomic E-state index is -4.96. The highest BCUT2D eigenvalue weighted by atomic mass is 35.5. The molecule has 0 aromatic heterocycles. The number of hydrogen-bond donors (Lipinski definition) is 2. The van der Waals surface area contributed by atoms with Crippen molar-refractivity contribution >= 4 is 52.1 Å². The van der Waals surface area contributed by atoms with Gasteiger partial charge in [0.25, 0.3) is 5.60 Å². The van der Waals surface area contributed by atoms with Gasteiger partial charge in [-0.2, -0.15) is 13.2 Å². The largest absolute Gasteiger partial charge is 0.435 e. The van der Waals surface area contributed by atoms with Crippen molar-refractivity contribution in [2.24, 2.45) is 11.1 Å². The van der Waals surface area contributed by atoms with E-state index in [4.69, 9.17) is 39.6 Å². The molecule has 0 radical (unpaired) electrons. The number of alkyl halides is 4. The van der Waals surface area contributed by atoms with Gasteiger partial charge >= 0.3 is 6.18 Å². The summed E-state index contributed by atoms with van der Waals surface area (Å²) in [6, 6.07) is 5.71. The molecule has 0 unspecified atom stereocenters. The second-order valence-corrected chi connectivity index (χ2v) is 8.77. The first-order chi connectivity index (χ1) is 15.4. The number of carbonyl (C=O) groups is 1. The van der Waals surface area contributed by atoms with Gasteiger partial charge in [0.15, 0.2) is 5.82 Å². The summed E-state index contributed by atoms with van der Waals surface area (Å²) < 4.78 is 69.2. The van der Waals surface area contributed by atoms with Crippen molar-refractivity contribution in [2.75, 3.05) is 5.43 Å². The SMILES string of the molecule is O=C(NNc1cc(C2=NO[C@@](c3cc(Cl)c(F)c(Cl)c3)(C(F)(F)F)C2)ccc1Cl)[C@H]1C[C@H]1F. The number of rotatable bonds is 5. The quantitative estimate of drug-likeness (QED) is 0.277. The van der Waals surface area contributed by atoms with Gasteiger partial charge in [0.2, 0.25) is 5.91 Å². The molecule has 4 rings (SSSR count). The zero-order valence-electron chi connectivity index (χ0n) is 16.2. The molecule has 1 heterocycles. The van der Waals surface area contributed by atoms with Crippen LogP contribution in [0, 0.1) is 11.7 Å². The van der Waals surface area contributed by atoms with Gasteiger partial charge in [-0.3, -0.25) is 15.6 Å². The van der Waals surface area contributed by atoms with Crippen LogP contribution in [0.4, 0.5) is 27.6 Å². The van der Waals surface area contributed by atoms with E-state index < -0.39 is 57.6 Å². The van der Waals surface area contributed by atoms with E-state index >= 15 is 0 Å². The fourth-order valence-corrected chi connectivity index (χ4v) is 3.96. The molecule has 1 fully saturated rings. The molecule has 0 bridgehead atoms. The Hall–Kier alpha value is -2.30. The van der Waals surface area contributed by atoms with E-state index in [0.29, 0.717) is 0 Å². The zero-order valence-corrected chi connectivity index (χ0v) is 18.5. The summed E-state index contributed by atoms with van der Waals surface area (Å²) in [4.78, 5) is 16.7. The van der Waals surface area contributed by atoms with Gasteiger partial charge < -0.3 is 4.84 Å². The van der Waals surface area contributed by atoms with E-state index in [2.05, 4.69) is 16.0 Å². The van der Waals surface area contributed by atoms with Crippen molar-refractivity contribution in [3.8, 4) is 0 Å². The van der Waals surface area contributed by atoms with E-state index in [1.54, 1.807) is 0 Å². The van der Waals surface area contributed by atoms with Gasteiger partial charge in [0, 0.05) is 17.5 Å².